The third kappa shape index (κ3) is 4.40. The third-order valence-electron chi connectivity index (χ3n) is 4.71. The second-order valence-corrected chi connectivity index (χ2v) is 7.90. The molecule has 0 bridgehead atoms. The summed E-state index contributed by atoms with van der Waals surface area (Å²) < 4.78 is 1.71. The summed E-state index contributed by atoms with van der Waals surface area (Å²) in [5.74, 6) is 1.31. The molecule has 0 aliphatic heterocycles. The fraction of sp³-hybridized carbons (Fsp3) is 0.364. The number of nitrogens with zero attached hydrogens (tertiary/aromatic N) is 2. The molecule has 3 aromatic rings. The lowest BCUT2D eigenvalue weighted by Crippen LogP contribution is -2.30. The van der Waals surface area contributed by atoms with E-state index in [9.17, 15) is 4.79 Å². The fourth-order valence-corrected chi connectivity index (χ4v) is 3.26. The summed E-state index contributed by atoms with van der Waals surface area (Å²) in [5.41, 5.74) is 2.52. The molecule has 0 saturated heterocycles. The van der Waals surface area contributed by atoms with E-state index in [4.69, 9.17) is 16.6 Å². The highest BCUT2D eigenvalue weighted by molar-refractivity contribution is 6.31. The number of aryl methyl sites for hydroxylation is 1. The minimum Gasteiger partial charge on any atom is -0.308 e. The van der Waals surface area contributed by atoms with E-state index in [1.165, 1.54) is 0 Å². The number of benzene rings is 2. The van der Waals surface area contributed by atoms with Crippen LogP contribution in [0.15, 0.2) is 47.3 Å². The van der Waals surface area contributed by atoms with E-state index in [0.29, 0.717) is 27.7 Å². The Hall–Kier alpha value is -2.17. The Morgan fingerprint density at radius 1 is 1.11 bits per heavy atom. The largest absolute Gasteiger partial charge is 0.308 e. The van der Waals surface area contributed by atoms with Crippen molar-refractivity contribution in [1.29, 1.82) is 0 Å². The van der Waals surface area contributed by atoms with Gasteiger partial charge in [0.25, 0.3) is 5.56 Å². The summed E-state index contributed by atoms with van der Waals surface area (Å²) in [7, 11) is 0. The highest BCUT2D eigenvalue weighted by atomic mass is 35.5. The van der Waals surface area contributed by atoms with E-state index in [1.807, 2.05) is 38.1 Å². The predicted molar refractivity (Wildman–Crippen MR) is 113 cm³/mol. The summed E-state index contributed by atoms with van der Waals surface area (Å²) in [4.78, 5) is 18.1. The van der Waals surface area contributed by atoms with Crippen LogP contribution >= 0.6 is 11.6 Å². The standard InChI is InChI=1S/C22H26ClN3O/c1-14(2)11-12-24-16(4)21-25-20-13-17(23)7-10-19(20)22(27)26(21)18-8-5-15(3)6-9-18/h5-10,13-14,16,24H,11-12H2,1-4H3/t16-/m1/s1. The summed E-state index contributed by atoms with van der Waals surface area (Å²) in [6.07, 6.45) is 1.07. The van der Waals surface area contributed by atoms with E-state index in [-0.39, 0.29) is 11.6 Å². The molecule has 0 spiro atoms. The average Bonchev–Trinajstić information content (AvgIpc) is 2.62. The lowest BCUT2D eigenvalue weighted by Gasteiger charge is -2.20. The van der Waals surface area contributed by atoms with E-state index < -0.39 is 0 Å². The quantitative estimate of drug-likeness (QED) is 0.648. The van der Waals surface area contributed by atoms with Gasteiger partial charge in [-0.25, -0.2) is 4.98 Å². The molecule has 1 atom stereocenters. The van der Waals surface area contributed by atoms with Crippen LogP contribution in [0, 0.1) is 12.8 Å². The van der Waals surface area contributed by atoms with Crippen molar-refractivity contribution in [3.63, 3.8) is 0 Å². The van der Waals surface area contributed by atoms with Crippen LogP contribution in [0.5, 0.6) is 0 Å². The van der Waals surface area contributed by atoms with Gasteiger partial charge >= 0.3 is 0 Å². The lowest BCUT2D eigenvalue weighted by atomic mass is 10.1. The number of hydrogen-bond acceptors (Lipinski definition) is 3. The highest BCUT2D eigenvalue weighted by Crippen LogP contribution is 2.21. The van der Waals surface area contributed by atoms with Gasteiger partial charge in [0.2, 0.25) is 0 Å². The Kier molecular flexibility index (Phi) is 5.98. The third-order valence-corrected chi connectivity index (χ3v) is 4.94. The van der Waals surface area contributed by atoms with Crippen molar-refractivity contribution < 1.29 is 0 Å². The van der Waals surface area contributed by atoms with Crippen LogP contribution < -0.4 is 10.9 Å². The normalized spacial score (nSPS) is 12.7. The van der Waals surface area contributed by atoms with Crippen LogP contribution in [0.25, 0.3) is 16.6 Å². The molecule has 1 heterocycles. The minimum atomic E-state index is -0.0759. The van der Waals surface area contributed by atoms with E-state index in [2.05, 4.69) is 19.2 Å². The molecule has 1 aromatic heterocycles. The Bertz CT molecular complexity index is 993. The first kappa shape index (κ1) is 19.6. The molecule has 2 aromatic carbocycles. The molecule has 0 aliphatic carbocycles. The lowest BCUT2D eigenvalue weighted by molar-refractivity contribution is 0.479. The van der Waals surface area contributed by atoms with Gasteiger partial charge in [0.1, 0.15) is 5.82 Å². The first-order valence-corrected chi connectivity index (χ1v) is 9.77. The van der Waals surface area contributed by atoms with Gasteiger partial charge in [-0.15, -0.1) is 0 Å². The molecule has 1 N–H and O–H groups in total. The van der Waals surface area contributed by atoms with E-state index in [0.717, 1.165) is 24.2 Å². The van der Waals surface area contributed by atoms with Gasteiger partial charge in [0.15, 0.2) is 0 Å². The van der Waals surface area contributed by atoms with Gasteiger partial charge in [-0.3, -0.25) is 9.36 Å². The number of rotatable bonds is 6. The zero-order valence-electron chi connectivity index (χ0n) is 16.3. The molecule has 3 rings (SSSR count). The maximum absolute atomic E-state index is 13.3. The summed E-state index contributed by atoms with van der Waals surface area (Å²) >= 11 is 6.13. The molecular weight excluding hydrogens is 358 g/mol. The number of nitrogens with one attached hydrogen (secondary N) is 1. The fourth-order valence-electron chi connectivity index (χ4n) is 3.09. The van der Waals surface area contributed by atoms with E-state index in [1.54, 1.807) is 22.8 Å². The topological polar surface area (TPSA) is 46.9 Å². The predicted octanol–water partition coefficient (Wildman–Crippen LogP) is 5.04. The van der Waals surface area contributed by atoms with Crippen molar-refractivity contribution in [2.45, 2.75) is 40.2 Å². The molecule has 0 saturated carbocycles. The number of fused-ring (bicyclic) bond motifs is 1. The van der Waals surface area contributed by atoms with Gasteiger partial charge in [-0.05, 0) is 63.1 Å². The first-order chi connectivity index (χ1) is 12.9. The molecule has 0 unspecified atom stereocenters. The molecule has 0 amide bonds. The Morgan fingerprint density at radius 3 is 2.48 bits per heavy atom. The smallest absolute Gasteiger partial charge is 0.266 e. The van der Waals surface area contributed by atoms with Crippen molar-refractivity contribution in [2.75, 3.05) is 6.54 Å². The van der Waals surface area contributed by atoms with Crippen molar-refractivity contribution in [3.8, 4) is 5.69 Å². The molecule has 5 heteroatoms. The molecule has 0 aliphatic rings. The molecule has 0 fully saturated rings. The SMILES string of the molecule is Cc1ccc(-n2c([C@@H](C)NCCC(C)C)nc3cc(Cl)ccc3c2=O)cc1. The van der Waals surface area contributed by atoms with Gasteiger partial charge in [0, 0.05) is 5.02 Å². The van der Waals surface area contributed by atoms with Crippen LogP contribution in [-0.2, 0) is 0 Å². The summed E-state index contributed by atoms with van der Waals surface area (Å²) in [6, 6.07) is 13.1. The van der Waals surface area contributed by atoms with E-state index >= 15 is 0 Å². The van der Waals surface area contributed by atoms with Crippen molar-refractivity contribution >= 4 is 22.5 Å². The van der Waals surface area contributed by atoms with Crippen LogP contribution in [0.3, 0.4) is 0 Å². The Labute approximate surface area is 165 Å². The van der Waals surface area contributed by atoms with Crippen LogP contribution in [0.2, 0.25) is 5.02 Å². The second-order valence-electron chi connectivity index (χ2n) is 7.47. The van der Waals surface area contributed by atoms with Crippen LogP contribution in [0.1, 0.15) is 44.6 Å². The van der Waals surface area contributed by atoms with Crippen molar-refractivity contribution in [2.24, 2.45) is 5.92 Å². The first-order valence-electron chi connectivity index (χ1n) is 9.39. The van der Waals surface area contributed by atoms with Gasteiger partial charge in [0.05, 0.1) is 22.6 Å². The summed E-state index contributed by atoms with van der Waals surface area (Å²) in [5, 5.41) is 4.65. The number of aromatic nitrogens is 2. The van der Waals surface area contributed by atoms with Crippen LogP contribution in [0.4, 0.5) is 0 Å². The summed E-state index contributed by atoms with van der Waals surface area (Å²) in [6.45, 7) is 9.35. The molecule has 27 heavy (non-hydrogen) atoms. The highest BCUT2D eigenvalue weighted by Gasteiger charge is 2.18. The maximum atomic E-state index is 13.3. The van der Waals surface area contributed by atoms with Gasteiger partial charge in [-0.2, -0.15) is 0 Å². The second kappa shape index (κ2) is 8.24. The molecule has 142 valence electrons. The number of halogens is 1. The number of hydrogen-bond donors (Lipinski definition) is 1. The van der Waals surface area contributed by atoms with Gasteiger partial charge < -0.3 is 5.32 Å². The zero-order valence-corrected chi connectivity index (χ0v) is 17.0. The average molecular weight is 384 g/mol. The molecule has 0 radical (unpaired) electrons. The maximum Gasteiger partial charge on any atom is 0.266 e. The van der Waals surface area contributed by atoms with Crippen molar-refractivity contribution in [3.05, 3.63) is 69.2 Å². The van der Waals surface area contributed by atoms with Gasteiger partial charge in [-0.1, -0.05) is 43.1 Å². The monoisotopic (exact) mass is 383 g/mol. The zero-order chi connectivity index (χ0) is 19.6. The van der Waals surface area contributed by atoms with Crippen molar-refractivity contribution in [1.82, 2.24) is 14.9 Å². The van der Waals surface area contributed by atoms with Crippen LogP contribution in [-0.4, -0.2) is 16.1 Å². The minimum absolute atomic E-state index is 0.0684. The Morgan fingerprint density at radius 2 is 1.81 bits per heavy atom. The Balaban J connectivity index is 2.14. The molecule has 4 nitrogen and oxygen atoms in total. The molecular formula is C22H26ClN3O.